The molecular formula is C22H26N6O3. The first-order valence-corrected chi connectivity index (χ1v) is 10.2. The number of anilines is 2. The fourth-order valence-corrected chi connectivity index (χ4v) is 3.74. The van der Waals surface area contributed by atoms with Crippen LogP contribution in [0.4, 0.5) is 11.6 Å². The van der Waals surface area contributed by atoms with E-state index < -0.39 is 5.91 Å². The normalized spacial score (nSPS) is 14.1. The Morgan fingerprint density at radius 2 is 1.81 bits per heavy atom. The van der Waals surface area contributed by atoms with Gasteiger partial charge in [0, 0.05) is 39.1 Å². The zero-order chi connectivity index (χ0) is 21.7. The van der Waals surface area contributed by atoms with Crippen LogP contribution in [0, 0.1) is 0 Å². The van der Waals surface area contributed by atoms with Crippen LogP contribution in [0.2, 0.25) is 0 Å². The number of carbonyl (C=O) groups excluding carboxylic acids is 1. The maximum absolute atomic E-state index is 12.5. The fourth-order valence-electron chi connectivity index (χ4n) is 3.74. The lowest BCUT2D eigenvalue weighted by molar-refractivity contribution is -0.249. The topological polar surface area (TPSA) is 94.4 Å². The second kappa shape index (κ2) is 9.23. The number of rotatable bonds is 8. The highest BCUT2D eigenvalue weighted by Crippen LogP contribution is 2.27. The fraction of sp³-hybridized carbons (Fsp3) is 0.364. The lowest BCUT2D eigenvalue weighted by Gasteiger charge is -2.29. The molecule has 0 atom stereocenters. The molecule has 162 valence electrons. The van der Waals surface area contributed by atoms with Crippen molar-refractivity contribution in [1.29, 1.82) is 0 Å². The van der Waals surface area contributed by atoms with Gasteiger partial charge in [-0.2, -0.15) is 5.10 Å². The van der Waals surface area contributed by atoms with Crippen LogP contribution in [0.3, 0.4) is 0 Å². The van der Waals surface area contributed by atoms with Gasteiger partial charge in [-0.1, -0.05) is 36.4 Å². The number of carbonyl (C=O) groups is 1. The van der Waals surface area contributed by atoms with Crippen LogP contribution in [-0.2, 0) is 26.6 Å². The van der Waals surface area contributed by atoms with Crippen LogP contribution in [0.25, 0.3) is 0 Å². The molecule has 0 unspecified atom stereocenters. The van der Waals surface area contributed by atoms with Crippen molar-refractivity contribution in [2.24, 2.45) is 0 Å². The molecule has 0 radical (unpaired) electrons. The van der Waals surface area contributed by atoms with Crippen LogP contribution in [0.15, 0.2) is 54.9 Å². The third kappa shape index (κ3) is 4.42. The first-order valence-electron chi connectivity index (χ1n) is 10.2. The zero-order valence-electron chi connectivity index (χ0n) is 17.7. The molecule has 9 nitrogen and oxygen atoms in total. The summed E-state index contributed by atoms with van der Waals surface area (Å²) < 4.78 is 11.2. The van der Waals surface area contributed by atoms with Gasteiger partial charge in [-0.3, -0.25) is 4.79 Å². The van der Waals surface area contributed by atoms with E-state index >= 15 is 0 Å². The highest BCUT2D eigenvalue weighted by Gasteiger charge is 2.37. The number of methoxy groups -OCH3 is 2. The van der Waals surface area contributed by atoms with Gasteiger partial charge in [0.1, 0.15) is 5.82 Å². The van der Waals surface area contributed by atoms with Gasteiger partial charge in [0.2, 0.25) is 5.91 Å². The Balaban J connectivity index is 1.42. The van der Waals surface area contributed by atoms with Crippen molar-refractivity contribution < 1.29 is 14.3 Å². The predicted octanol–water partition coefficient (Wildman–Crippen LogP) is 2.41. The first-order chi connectivity index (χ1) is 15.1. The van der Waals surface area contributed by atoms with Crippen LogP contribution in [-0.4, -0.2) is 53.2 Å². The van der Waals surface area contributed by atoms with Gasteiger partial charge in [0.25, 0.3) is 0 Å². The first kappa shape index (κ1) is 21.0. The highest BCUT2D eigenvalue weighted by molar-refractivity contribution is 5.91. The molecule has 3 aromatic rings. The number of pyridine rings is 1. The van der Waals surface area contributed by atoms with Gasteiger partial charge >= 0.3 is 5.91 Å². The maximum Gasteiger partial charge on any atom is 0.315 e. The van der Waals surface area contributed by atoms with Crippen molar-refractivity contribution in [3.63, 3.8) is 0 Å². The van der Waals surface area contributed by atoms with Crippen LogP contribution < -0.4 is 10.2 Å². The van der Waals surface area contributed by atoms with E-state index in [4.69, 9.17) is 9.47 Å². The summed E-state index contributed by atoms with van der Waals surface area (Å²) in [6.45, 7) is 2.08. The number of benzene rings is 1. The number of amides is 1. The van der Waals surface area contributed by atoms with E-state index in [1.54, 1.807) is 6.20 Å². The maximum atomic E-state index is 12.5. The van der Waals surface area contributed by atoms with Crippen LogP contribution in [0.5, 0.6) is 0 Å². The van der Waals surface area contributed by atoms with E-state index in [1.165, 1.54) is 38.1 Å². The molecule has 0 spiro atoms. The smallest absolute Gasteiger partial charge is 0.315 e. The molecule has 9 heteroatoms. The van der Waals surface area contributed by atoms with Gasteiger partial charge in [-0.05, 0) is 24.5 Å². The van der Waals surface area contributed by atoms with E-state index in [0.717, 1.165) is 30.0 Å². The summed E-state index contributed by atoms with van der Waals surface area (Å²) in [4.78, 5) is 20.5. The monoisotopic (exact) mass is 422 g/mol. The minimum atomic E-state index is -1.33. The molecule has 0 bridgehead atoms. The molecular weight excluding hydrogens is 396 g/mol. The second-order valence-corrected chi connectivity index (χ2v) is 7.32. The van der Waals surface area contributed by atoms with E-state index in [9.17, 15) is 4.79 Å². The lowest BCUT2D eigenvalue weighted by atomic mass is 10.1. The summed E-state index contributed by atoms with van der Waals surface area (Å²) >= 11 is 0. The highest BCUT2D eigenvalue weighted by atomic mass is 16.7. The molecule has 1 fully saturated rings. The average molecular weight is 422 g/mol. The molecule has 1 aliphatic rings. The van der Waals surface area contributed by atoms with Crippen LogP contribution in [0.1, 0.15) is 24.0 Å². The Labute approximate surface area is 181 Å². The number of aromatic nitrogens is 4. The average Bonchev–Trinajstić information content (AvgIpc) is 3.49. The SMILES string of the molecule is COC(OC)(c1ccccc1)n1ncc(NC(=O)Cc2ccc(N3CCCC3)nc2)n1. The second-order valence-electron chi connectivity index (χ2n) is 7.32. The largest absolute Gasteiger partial charge is 0.357 e. The van der Waals surface area contributed by atoms with Gasteiger partial charge in [0.05, 0.1) is 12.6 Å². The van der Waals surface area contributed by atoms with E-state index in [-0.39, 0.29) is 12.3 Å². The number of nitrogens with zero attached hydrogens (tertiary/aromatic N) is 5. The Morgan fingerprint density at radius 3 is 2.45 bits per heavy atom. The quantitative estimate of drug-likeness (QED) is 0.557. The number of ether oxygens (including phenoxy) is 2. The predicted molar refractivity (Wildman–Crippen MR) is 116 cm³/mol. The van der Waals surface area contributed by atoms with Gasteiger partial charge in [-0.25, -0.2) is 4.98 Å². The van der Waals surface area contributed by atoms with E-state index in [2.05, 4.69) is 25.4 Å². The molecule has 1 N–H and O–H groups in total. The third-order valence-electron chi connectivity index (χ3n) is 5.32. The van der Waals surface area contributed by atoms with Crippen LogP contribution >= 0.6 is 0 Å². The molecule has 1 aliphatic heterocycles. The summed E-state index contributed by atoms with van der Waals surface area (Å²) in [6.07, 6.45) is 5.80. The molecule has 1 aromatic carbocycles. The van der Waals surface area contributed by atoms with Crippen molar-refractivity contribution in [2.45, 2.75) is 25.2 Å². The van der Waals surface area contributed by atoms with Gasteiger partial charge in [0.15, 0.2) is 5.82 Å². The van der Waals surface area contributed by atoms with Crippen molar-refractivity contribution in [2.75, 3.05) is 37.5 Å². The minimum absolute atomic E-state index is 0.193. The molecule has 2 aromatic heterocycles. The van der Waals surface area contributed by atoms with Crippen molar-refractivity contribution >= 4 is 17.5 Å². The summed E-state index contributed by atoms with van der Waals surface area (Å²) in [5, 5.41) is 11.4. The standard InChI is InChI=1S/C22H26N6O3/c1-30-22(31-2,18-8-4-3-5-9-18)28-24-16-19(26-28)25-21(29)14-17-10-11-20(23-15-17)27-12-6-7-13-27/h3-5,8-11,15-16H,6-7,12-14H2,1-2H3,(H,25,26,29). The molecule has 0 saturated carbocycles. The minimum Gasteiger partial charge on any atom is -0.357 e. The number of nitrogens with one attached hydrogen (secondary N) is 1. The van der Waals surface area contributed by atoms with Crippen molar-refractivity contribution in [1.82, 2.24) is 20.0 Å². The summed E-state index contributed by atoms with van der Waals surface area (Å²) in [5.74, 6) is -0.274. The molecule has 3 heterocycles. The van der Waals surface area contributed by atoms with E-state index in [1.807, 2.05) is 42.5 Å². The van der Waals surface area contributed by atoms with Gasteiger partial charge in [-0.15, -0.1) is 9.90 Å². The Bertz CT molecular complexity index is 996. The molecule has 4 rings (SSSR count). The van der Waals surface area contributed by atoms with Crippen molar-refractivity contribution in [3.8, 4) is 0 Å². The summed E-state index contributed by atoms with van der Waals surface area (Å²) in [7, 11) is 3.02. The Kier molecular flexibility index (Phi) is 6.24. The number of hydrogen-bond acceptors (Lipinski definition) is 7. The molecule has 1 amide bonds. The zero-order valence-corrected chi connectivity index (χ0v) is 17.7. The summed E-state index contributed by atoms with van der Waals surface area (Å²) in [5.41, 5.74) is 1.55. The Hall–Kier alpha value is -3.30. The third-order valence-corrected chi connectivity index (χ3v) is 5.32. The van der Waals surface area contributed by atoms with Gasteiger partial charge < -0.3 is 19.7 Å². The van der Waals surface area contributed by atoms with E-state index in [0.29, 0.717) is 5.82 Å². The molecule has 0 aliphatic carbocycles. The lowest BCUT2D eigenvalue weighted by Crippen LogP contribution is -2.40. The molecule has 31 heavy (non-hydrogen) atoms. The Morgan fingerprint density at radius 1 is 1.06 bits per heavy atom. The number of hydrogen-bond donors (Lipinski definition) is 1. The summed E-state index contributed by atoms with van der Waals surface area (Å²) in [6, 6.07) is 13.3. The molecule has 1 saturated heterocycles. The van der Waals surface area contributed by atoms with Crippen molar-refractivity contribution in [3.05, 3.63) is 66.0 Å².